The lowest BCUT2D eigenvalue weighted by atomic mass is 10.1. The highest BCUT2D eigenvalue weighted by Crippen LogP contribution is 2.29. The lowest BCUT2D eigenvalue weighted by Crippen LogP contribution is -2.28. The van der Waals surface area contributed by atoms with E-state index in [0.29, 0.717) is 36.0 Å². The number of ether oxygens (including phenoxy) is 2. The van der Waals surface area contributed by atoms with Gasteiger partial charge in [0.2, 0.25) is 0 Å². The van der Waals surface area contributed by atoms with Gasteiger partial charge in [-0.1, -0.05) is 0 Å². The standard InChI is InChI=1S/C20H18N4O4/c1-23-19(25)8-7-18(22-23)24-11-13-9-15(5-6-17(13)20(24)26)28-12-14-3-4-16(27-2)10-21-14/h3-10H,11-12H2,1-2H3. The minimum absolute atomic E-state index is 0.149. The topological polar surface area (TPSA) is 86.5 Å². The molecule has 1 amide bonds. The van der Waals surface area contributed by atoms with Crippen molar-refractivity contribution in [3.63, 3.8) is 0 Å². The Kier molecular flexibility index (Phi) is 4.52. The number of carbonyl (C=O) groups is 1. The summed E-state index contributed by atoms with van der Waals surface area (Å²) in [4.78, 5) is 30.0. The van der Waals surface area contributed by atoms with Crippen molar-refractivity contribution in [3.05, 3.63) is 75.8 Å². The zero-order valence-electron chi connectivity index (χ0n) is 15.5. The van der Waals surface area contributed by atoms with E-state index in [9.17, 15) is 9.59 Å². The number of aromatic nitrogens is 3. The summed E-state index contributed by atoms with van der Waals surface area (Å²) in [6.45, 7) is 0.681. The molecule has 1 aliphatic heterocycles. The van der Waals surface area contributed by atoms with Crippen LogP contribution in [0.3, 0.4) is 0 Å². The van der Waals surface area contributed by atoms with Gasteiger partial charge in [0.15, 0.2) is 5.82 Å². The molecule has 0 atom stereocenters. The van der Waals surface area contributed by atoms with Crippen LogP contribution < -0.4 is 19.9 Å². The molecule has 1 aliphatic rings. The average Bonchev–Trinajstić information content (AvgIpc) is 3.05. The van der Waals surface area contributed by atoms with Crippen LogP contribution >= 0.6 is 0 Å². The van der Waals surface area contributed by atoms with Crippen molar-refractivity contribution >= 4 is 11.7 Å². The Morgan fingerprint density at radius 2 is 1.89 bits per heavy atom. The zero-order valence-corrected chi connectivity index (χ0v) is 15.5. The van der Waals surface area contributed by atoms with Gasteiger partial charge in [-0.05, 0) is 42.0 Å². The van der Waals surface area contributed by atoms with Crippen LogP contribution in [0.5, 0.6) is 11.5 Å². The number of fused-ring (bicyclic) bond motifs is 1. The number of benzene rings is 1. The summed E-state index contributed by atoms with van der Waals surface area (Å²) in [6, 6.07) is 12.0. The molecule has 0 bridgehead atoms. The number of rotatable bonds is 5. The van der Waals surface area contributed by atoms with Gasteiger partial charge in [0.05, 0.1) is 25.5 Å². The molecule has 8 heteroatoms. The maximum Gasteiger partial charge on any atom is 0.266 e. The molecule has 28 heavy (non-hydrogen) atoms. The average molecular weight is 378 g/mol. The van der Waals surface area contributed by atoms with Crippen LogP contribution in [0.1, 0.15) is 21.6 Å². The van der Waals surface area contributed by atoms with E-state index in [2.05, 4.69) is 10.1 Å². The number of aryl methyl sites for hydroxylation is 1. The number of hydrogen-bond acceptors (Lipinski definition) is 6. The number of hydrogen-bond donors (Lipinski definition) is 0. The van der Waals surface area contributed by atoms with E-state index in [1.165, 1.54) is 10.7 Å². The third kappa shape index (κ3) is 3.32. The molecule has 1 aromatic carbocycles. The molecule has 8 nitrogen and oxygen atoms in total. The van der Waals surface area contributed by atoms with E-state index in [0.717, 1.165) is 11.3 Å². The highest BCUT2D eigenvalue weighted by Gasteiger charge is 2.30. The first-order valence-corrected chi connectivity index (χ1v) is 8.66. The van der Waals surface area contributed by atoms with Gasteiger partial charge in [-0.25, -0.2) is 4.68 Å². The molecule has 0 fully saturated rings. The SMILES string of the molecule is COc1ccc(COc2ccc3c(c2)CN(c2ccc(=O)n(C)n2)C3=O)nc1. The van der Waals surface area contributed by atoms with E-state index in [1.54, 1.807) is 43.5 Å². The van der Waals surface area contributed by atoms with Crippen LogP contribution in [-0.4, -0.2) is 27.8 Å². The minimum atomic E-state index is -0.226. The fourth-order valence-electron chi connectivity index (χ4n) is 2.98. The van der Waals surface area contributed by atoms with Gasteiger partial charge in [0, 0.05) is 18.7 Å². The molecule has 3 heterocycles. The lowest BCUT2D eigenvalue weighted by Gasteiger charge is -2.14. The van der Waals surface area contributed by atoms with Gasteiger partial charge < -0.3 is 9.47 Å². The highest BCUT2D eigenvalue weighted by molar-refractivity contribution is 6.09. The smallest absolute Gasteiger partial charge is 0.266 e. The van der Waals surface area contributed by atoms with E-state index >= 15 is 0 Å². The summed E-state index contributed by atoms with van der Waals surface area (Å²) in [6.07, 6.45) is 1.64. The Balaban J connectivity index is 1.50. The fourth-order valence-corrected chi connectivity index (χ4v) is 2.98. The molecule has 0 radical (unpaired) electrons. The molecule has 0 aliphatic carbocycles. The second-order valence-electron chi connectivity index (χ2n) is 6.34. The monoisotopic (exact) mass is 378 g/mol. The lowest BCUT2D eigenvalue weighted by molar-refractivity contribution is 0.0995. The Morgan fingerprint density at radius 1 is 1.07 bits per heavy atom. The van der Waals surface area contributed by atoms with Crippen LogP contribution in [0.2, 0.25) is 0 Å². The molecular weight excluding hydrogens is 360 g/mol. The first-order valence-electron chi connectivity index (χ1n) is 8.66. The second kappa shape index (κ2) is 7.15. The van der Waals surface area contributed by atoms with Crippen LogP contribution in [0.4, 0.5) is 5.82 Å². The number of amides is 1. The molecule has 0 unspecified atom stereocenters. The van der Waals surface area contributed by atoms with Crippen molar-refractivity contribution in [1.29, 1.82) is 0 Å². The number of carbonyl (C=O) groups excluding carboxylic acids is 1. The van der Waals surface area contributed by atoms with Crippen molar-refractivity contribution in [1.82, 2.24) is 14.8 Å². The number of methoxy groups -OCH3 is 1. The van der Waals surface area contributed by atoms with Gasteiger partial charge in [-0.3, -0.25) is 19.5 Å². The first kappa shape index (κ1) is 17.7. The van der Waals surface area contributed by atoms with Crippen LogP contribution in [0, 0.1) is 0 Å². The van der Waals surface area contributed by atoms with Gasteiger partial charge in [-0.2, -0.15) is 5.10 Å². The number of pyridine rings is 1. The van der Waals surface area contributed by atoms with Gasteiger partial charge >= 0.3 is 0 Å². The third-order valence-electron chi connectivity index (χ3n) is 4.52. The molecule has 0 N–H and O–H groups in total. The third-order valence-corrected chi connectivity index (χ3v) is 4.52. The van der Waals surface area contributed by atoms with E-state index < -0.39 is 0 Å². The largest absolute Gasteiger partial charge is 0.495 e. The van der Waals surface area contributed by atoms with E-state index in [4.69, 9.17) is 9.47 Å². The van der Waals surface area contributed by atoms with Crippen LogP contribution in [-0.2, 0) is 20.2 Å². The second-order valence-corrected chi connectivity index (χ2v) is 6.34. The Hall–Kier alpha value is -3.68. The summed E-state index contributed by atoms with van der Waals surface area (Å²) >= 11 is 0. The maximum absolute atomic E-state index is 12.7. The molecule has 0 spiro atoms. The fraction of sp³-hybridized carbons (Fsp3) is 0.200. The molecule has 4 rings (SSSR count). The summed E-state index contributed by atoms with van der Waals surface area (Å²) < 4.78 is 12.1. The maximum atomic E-state index is 12.7. The van der Waals surface area contributed by atoms with Crippen molar-refractivity contribution in [2.45, 2.75) is 13.2 Å². The molecule has 0 saturated carbocycles. The van der Waals surface area contributed by atoms with Crippen LogP contribution in [0.25, 0.3) is 0 Å². The predicted molar refractivity (Wildman–Crippen MR) is 102 cm³/mol. The zero-order chi connectivity index (χ0) is 19.7. The summed E-state index contributed by atoms with van der Waals surface area (Å²) in [5.74, 6) is 1.63. The number of anilines is 1. The molecule has 2 aromatic heterocycles. The Bertz CT molecular complexity index is 1090. The summed E-state index contributed by atoms with van der Waals surface area (Å²) in [5.41, 5.74) is 2.00. The summed E-state index contributed by atoms with van der Waals surface area (Å²) in [7, 11) is 3.14. The van der Waals surface area contributed by atoms with Crippen molar-refractivity contribution in [2.24, 2.45) is 7.05 Å². The van der Waals surface area contributed by atoms with Crippen molar-refractivity contribution in [3.8, 4) is 11.5 Å². The Labute approximate surface area is 161 Å². The predicted octanol–water partition coefficient (Wildman–Crippen LogP) is 1.92. The van der Waals surface area contributed by atoms with Crippen LogP contribution in [0.15, 0.2) is 53.5 Å². The first-order chi connectivity index (χ1) is 13.5. The van der Waals surface area contributed by atoms with Crippen molar-refractivity contribution < 1.29 is 14.3 Å². The minimum Gasteiger partial charge on any atom is -0.495 e. The molecule has 3 aromatic rings. The van der Waals surface area contributed by atoms with Gasteiger partial charge in [0.25, 0.3) is 11.5 Å². The normalized spacial score (nSPS) is 12.8. The van der Waals surface area contributed by atoms with E-state index in [-0.39, 0.29) is 11.5 Å². The summed E-state index contributed by atoms with van der Waals surface area (Å²) in [5, 5.41) is 4.16. The Morgan fingerprint density at radius 3 is 2.61 bits per heavy atom. The van der Waals surface area contributed by atoms with Gasteiger partial charge in [-0.15, -0.1) is 0 Å². The molecule has 0 saturated heterocycles. The van der Waals surface area contributed by atoms with Gasteiger partial charge in [0.1, 0.15) is 18.1 Å². The highest BCUT2D eigenvalue weighted by atomic mass is 16.5. The van der Waals surface area contributed by atoms with Crippen molar-refractivity contribution in [2.75, 3.05) is 12.0 Å². The number of nitrogens with zero attached hydrogens (tertiary/aromatic N) is 4. The van der Waals surface area contributed by atoms with E-state index in [1.807, 2.05) is 18.2 Å². The molecular formula is C20H18N4O4. The molecule has 142 valence electrons. The quantitative estimate of drug-likeness (QED) is 0.674.